The first-order chi connectivity index (χ1) is 8.70. The monoisotopic (exact) mass is 263 g/mol. The van der Waals surface area contributed by atoms with E-state index in [1.807, 2.05) is 12.3 Å². The van der Waals surface area contributed by atoms with Crippen LogP contribution < -0.4 is 11.1 Å². The molecule has 0 bridgehead atoms. The number of anilines is 1. The Labute approximate surface area is 108 Å². The number of nitrogens with two attached hydrogens (primary N) is 1. The molecule has 3 N–H and O–H groups in total. The Kier molecular flexibility index (Phi) is 3.83. The Balaban J connectivity index is 2.11. The second-order valence-electron chi connectivity index (χ2n) is 3.63. The van der Waals surface area contributed by atoms with Crippen LogP contribution in [0.2, 0.25) is 0 Å². The third kappa shape index (κ3) is 2.80. The van der Waals surface area contributed by atoms with Crippen LogP contribution in [0.3, 0.4) is 0 Å². The van der Waals surface area contributed by atoms with E-state index < -0.39 is 0 Å². The summed E-state index contributed by atoms with van der Waals surface area (Å²) in [4.78, 5) is 23.9. The fraction of sp³-hybridized carbons (Fsp3) is 0.273. The van der Waals surface area contributed by atoms with Crippen LogP contribution >= 0.6 is 11.3 Å². The molecule has 0 saturated carbocycles. The van der Waals surface area contributed by atoms with Gasteiger partial charge in [0.1, 0.15) is 16.5 Å². The topological polar surface area (TPSA) is 93.8 Å². The van der Waals surface area contributed by atoms with Crippen molar-refractivity contribution in [3.63, 3.8) is 0 Å². The zero-order valence-electron chi connectivity index (χ0n) is 9.83. The normalized spacial score (nSPS) is 12.1. The largest absolute Gasteiger partial charge is 0.382 e. The summed E-state index contributed by atoms with van der Waals surface area (Å²) in [6.45, 7) is 1.98. The van der Waals surface area contributed by atoms with Crippen LogP contribution in [0.5, 0.6) is 0 Å². The summed E-state index contributed by atoms with van der Waals surface area (Å²) < 4.78 is 0. The van der Waals surface area contributed by atoms with Crippen LogP contribution in [0, 0.1) is 0 Å². The molecule has 0 fully saturated rings. The molecule has 2 rings (SSSR count). The van der Waals surface area contributed by atoms with Crippen LogP contribution in [0.4, 0.5) is 5.82 Å². The lowest BCUT2D eigenvalue weighted by atomic mass is 10.2. The molecule has 1 atom stereocenters. The van der Waals surface area contributed by atoms with Crippen molar-refractivity contribution in [2.24, 2.45) is 0 Å². The lowest BCUT2D eigenvalue weighted by Gasteiger charge is -2.13. The average Bonchev–Trinajstić information content (AvgIpc) is 2.89. The molecule has 6 nitrogen and oxygen atoms in total. The Morgan fingerprint density at radius 2 is 2.39 bits per heavy atom. The first-order valence-electron chi connectivity index (χ1n) is 5.48. The maximum atomic E-state index is 12.0. The number of carbonyl (C=O) groups is 1. The molecule has 0 aliphatic heterocycles. The standard InChI is InChI=1S/C11H13N5OS/c1-2-7(11-14-3-4-18-11)16-10(17)8-5-13-6-9(12)15-8/h3-7H,2H2,1H3,(H2,12,15)(H,16,17). The van der Waals surface area contributed by atoms with Crippen molar-refractivity contribution in [1.82, 2.24) is 20.3 Å². The van der Waals surface area contributed by atoms with Gasteiger partial charge in [-0.15, -0.1) is 11.3 Å². The second-order valence-corrected chi connectivity index (χ2v) is 4.56. The molecular formula is C11H13N5OS. The quantitative estimate of drug-likeness (QED) is 0.869. The number of nitrogen functional groups attached to an aromatic ring is 1. The van der Waals surface area contributed by atoms with Crippen molar-refractivity contribution < 1.29 is 4.79 Å². The lowest BCUT2D eigenvalue weighted by molar-refractivity contribution is 0.0930. The summed E-state index contributed by atoms with van der Waals surface area (Å²) in [7, 11) is 0. The van der Waals surface area contributed by atoms with Gasteiger partial charge >= 0.3 is 0 Å². The number of rotatable bonds is 4. The second kappa shape index (κ2) is 5.54. The molecule has 7 heteroatoms. The van der Waals surface area contributed by atoms with E-state index in [1.54, 1.807) is 6.20 Å². The minimum Gasteiger partial charge on any atom is -0.382 e. The van der Waals surface area contributed by atoms with Gasteiger partial charge in [0.2, 0.25) is 0 Å². The molecule has 1 amide bonds. The summed E-state index contributed by atoms with van der Waals surface area (Å²) in [5.41, 5.74) is 5.70. The van der Waals surface area contributed by atoms with Crippen LogP contribution in [0.15, 0.2) is 24.0 Å². The number of nitrogens with one attached hydrogen (secondary N) is 1. The van der Waals surface area contributed by atoms with Crippen LogP contribution in [0.1, 0.15) is 34.9 Å². The minimum atomic E-state index is -0.295. The van der Waals surface area contributed by atoms with E-state index in [2.05, 4.69) is 20.3 Å². The SMILES string of the molecule is CCC(NC(=O)c1cncc(N)n1)c1nccs1. The molecule has 0 aliphatic rings. The van der Waals surface area contributed by atoms with Gasteiger partial charge in [-0.25, -0.2) is 9.97 Å². The van der Waals surface area contributed by atoms with E-state index in [1.165, 1.54) is 23.7 Å². The molecule has 2 heterocycles. The predicted octanol–water partition coefficient (Wildman–Crippen LogP) is 1.40. The molecule has 0 aromatic carbocycles. The molecule has 0 radical (unpaired) electrons. The minimum absolute atomic E-state index is 0.110. The third-order valence-corrected chi connectivity index (χ3v) is 3.24. The molecular weight excluding hydrogens is 250 g/mol. The lowest BCUT2D eigenvalue weighted by Crippen LogP contribution is -2.29. The number of hydrogen-bond acceptors (Lipinski definition) is 6. The molecule has 2 aromatic rings. The summed E-state index contributed by atoms with van der Waals surface area (Å²) in [5, 5.41) is 5.62. The Morgan fingerprint density at radius 3 is 3.00 bits per heavy atom. The van der Waals surface area contributed by atoms with E-state index in [-0.39, 0.29) is 23.5 Å². The highest BCUT2D eigenvalue weighted by Gasteiger charge is 2.17. The Bertz CT molecular complexity index is 528. The van der Waals surface area contributed by atoms with Gasteiger partial charge in [-0.1, -0.05) is 6.92 Å². The third-order valence-electron chi connectivity index (χ3n) is 2.35. The number of amides is 1. The van der Waals surface area contributed by atoms with E-state index in [4.69, 9.17) is 5.73 Å². The van der Waals surface area contributed by atoms with Crippen molar-refractivity contribution in [2.75, 3.05) is 5.73 Å². The van der Waals surface area contributed by atoms with Crippen molar-refractivity contribution in [3.05, 3.63) is 34.7 Å². The van der Waals surface area contributed by atoms with Crippen molar-refractivity contribution in [3.8, 4) is 0 Å². The van der Waals surface area contributed by atoms with Crippen LogP contribution in [0.25, 0.3) is 0 Å². The van der Waals surface area contributed by atoms with Crippen molar-refractivity contribution in [1.29, 1.82) is 0 Å². The first-order valence-corrected chi connectivity index (χ1v) is 6.36. The summed E-state index contributed by atoms with van der Waals surface area (Å²) >= 11 is 1.51. The summed E-state index contributed by atoms with van der Waals surface area (Å²) in [6, 6.07) is -0.110. The maximum absolute atomic E-state index is 12.0. The average molecular weight is 263 g/mol. The van der Waals surface area contributed by atoms with Gasteiger partial charge < -0.3 is 11.1 Å². The van der Waals surface area contributed by atoms with Crippen LogP contribution in [-0.4, -0.2) is 20.9 Å². The molecule has 0 spiro atoms. The highest BCUT2D eigenvalue weighted by molar-refractivity contribution is 7.09. The highest BCUT2D eigenvalue weighted by Crippen LogP contribution is 2.19. The predicted molar refractivity (Wildman–Crippen MR) is 69.1 cm³/mol. The summed E-state index contributed by atoms with van der Waals surface area (Å²) in [5.74, 6) is -0.0678. The number of carbonyl (C=O) groups excluding carboxylic acids is 1. The van der Waals surface area contributed by atoms with E-state index in [9.17, 15) is 4.79 Å². The molecule has 2 aromatic heterocycles. The van der Waals surface area contributed by atoms with Crippen LogP contribution in [-0.2, 0) is 0 Å². The first kappa shape index (κ1) is 12.4. The van der Waals surface area contributed by atoms with Gasteiger partial charge in [-0.3, -0.25) is 9.78 Å². The molecule has 94 valence electrons. The smallest absolute Gasteiger partial charge is 0.272 e. The van der Waals surface area contributed by atoms with E-state index in [0.29, 0.717) is 0 Å². The molecule has 0 aliphatic carbocycles. The van der Waals surface area contributed by atoms with Gasteiger partial charge in [-0.05, 0) is 6.42 Å². The van der Waals surface area contributed by atoms with Gasteiger partial charge in [0.15, 0.2) is 0 Å². The van der Waals surface area contributed by atoms with Gasteiger partial charge in [0.05, 0.1) is 18.4 Å². The molecule has 1 unspecified atom stereocenters. The van der Waals surface area contributed by atoms with Gasteiger partial charge in [0, 0.05) is 11.6 Å². The molecule has 18 heavy (non-hydrogen) atoms. The zero-order chi connectivity index (χ0) is 13.0. The number of hydrogen-bond donors (Lipinski definition) is 2. The number of nitrogens with zero attached hydrogens (tertiary/aromatic N) is 3. The highest BCUT2D eigenvalue weighted by atomic mass is 32.1. The molecule has 0 saturated heterocycles. The number of aromatic nitrogens is 3. The fourth-order valence-electron chi connectivity index (χ4n) is 1.47. The van der Waals surface area contributed by atoms with E-state index >= 15 is 0 Å². The van der Waals surface area contributed by atoms with Gasteiger partial charge in [-0.2, -0.15) is 0 Å². The van der Waals surface area contributed by atoms with Gasteiger partial charge in [0.25, 0.3) is 5.91 Å². The Morgan fingerprint density at radius 1 is 1.56 bits per heavy atom. The summed E-state index contributed by atoms with van der Waals surface area (Å²) in [6.07, 6.45) is 5.26. The maximum Gasteiger partial charge on any atom is 0.272 e. The number of thiazole rings is 1. The zero-order valence-corrected chi connectivity index (χ0v) is 10.6. The van der Waals surface area contributed by atoms with Crippen molar-refractivity contribution >= 4 is 23.1 Å². The van der Waals surface area contributed by atoms with E-state index in [0.717, 1.165) is 11.4 Å². The fourth-order valence-corrected chi connectivity index (χ4v) is 2.24. The Hall–Kier alpha value is -2.02. The van der Waals surface area contributed by atoms with Crippen molar-refractivity contribution in [2.45, 2.75) is 19.4 Å².